The molecular weight excluding hydrogens is 460 g/mol. The molecule has 0 amide bonds. The average Bonchev–Trinajstić information content (AvgIpc) is 2.79. The number of aliphatic hydroxyl groups is 3. The Morgan fingerprint density at radius 2 is 1.47 bits per heavy atom. The number of aliphatic hydroxyl groups excluding tert-OH is 3. The first-order valence-corrected chi connectivity index (χ1v) is 13.8. The first-order valence-electron chi connectivity index (χ1n) is 13.8. The van der Waals surface area contributed by atoms with Crippen LogP contribution in [0.25, 0.3) is 0 Å². The van der Waals surface area contributed by atoms with Crippen LogP contribution in [0.3, 0.4) is 0 Å². The van der Waals surface area contributed by atoms with Gasteiger partial charge < -0.3 is 25.5 Å². The molecule has 0 spiro atoms. The minimum absolute atomic E-state index is 0.122. The lowest BCUT2D eigenvalue weighted by molar-refractivity contribution is -0.225. The predicted molar refractivity (Wildman–Crippen MR) is 133 cm³/mol. The fourth-order valence-electron chi connectivity index (χ4n) is 10.2. The normalized spacial score (nSPS) is 53.7. The van der Waals surface area contributed by atoms with Crippen LogP contribution < -0.4 is 0 Å². The van der Waals surface area contributed by atoms with Crippen molar-refractivity contribution in [3.05, 3.63) is 11.6 Å². The molecule has 0 aliphatic heterocycles. The predicted octanol–water partition coefficient (Wildman–Crippen LogP) is 3.85. The highest BCUT2D eigenvalue weighted by Crippen LogP contribution is 2.71. The molecule has 0 bridgehead atoms. The second-order valence-corrected chi connectivity index (χ2v) is 14.3. The Kier molecular flexibility index (Phi) is 5.67. The topological polar surface area (TPSA) is 135 Å². The minimum Gasteiger partial charge on any atom is -0.481 e. The van der Waals surface area contributed by atoms with Crippen molar-refractivity contribution in [3.8, 4) is 0 Å². The summed E-state index contributed by atoms with van der Waals surface area (Å²) in [5.74, 6) is -2.21. The van der Waals surface area contributed by atoms with E-state index in [0.717, 1.165) is 18.4 Å². The SMILES string of the molecule is CC1(C)CC[C@]2(C(=O)O)CC[C@]3(C)C(=CC[C@H]4[C@@H]3CC[C@@H]3[C@@]4(C)C[C@@H](O)[C@H](O)[C@@]3(C)C(=O)O)[C@@H]2[C@H]1O. The van der Waals surface area contributed by atoms with Gasteiger partial charge in [-0.1, -0.05) is 39.3 Å². The van der Waals surface area contributed by atoms with Crippen molar-refractivity contribution in [2.45, 2.75) is 104 Å². The summed E-state index contributed by atoms with van der Waals surface area (Å²) in [5, 5.41) is 53.9. The van der Waals surface area contributed by atoms with Gasteiger partial charge in [-0.3, -0.25) is 9.59 Å². The molecule has 11 atom stereocenters. The van der Waals surface area contributed by atoms with Gasteiger partial charge in [0.2, 0.25) is 0 Å². The molecule has 0 aromatic carbocycles. The molecule has 0 saturated heterocycles. The Morgan fingerprint density at radius 1 is 0.833 bits per heavy atom. The lowest BCUT2D eigenvalue weighted by Crippen LogP contribution is -2.67. The molecule has 4 fully saturated rings. The van der Waals surface area contributed by atoms with E-state index in [1.54, 1.807) is 6.92 Å². The molecule has 7 heteroatoms. The van der Waals surface area contributed by atoms with Crippen LogP contribution in [-0.2, 0) is 9.59 Å². The summed E-state index contributed by atoms with van der Waals surface area (Å²) in [6.07, 6.45) is 4.06. The van der Waals surface area contributed by atoms with Crippen molar-refractivity contribution in [1.82, 2.24) is 0 Å². The Hall–Kier alpha value is -1.44. The van der Waals surface area contributed by atoms with Gasteiger partial charge in [-0.2, -0.15) is 0 Å². The van der Waals surface area contributed by atoms with Crippen LogP contribution in [-0.4, -0.2) is 55.8 Å². The Balaban J connectivity index is 1.60. The molecule has 36 heavy (non-hydrogen) atoms. The Labute approximate surface area is 214 Å². The molecule has 0 radical (unpaired) electrons. The molecule has 5 aliphatic rings. The maximum atomic E-state index is 12.7. The molecule has 0 unspecified atom stereocenters. The van der Waals surface area contributed by atoms with Crippen LogP contribution in [0.15, 0.2) is 11.6 Å². The van der Waals surface area contributed by atoms with Crippen LogP contribution in [0.4, 0.5) is 0 Å². The van der Waals surface area contributed by atoms with Crippen molar-refractivity contribution in [1.29, 1.82) is 0 Å². The number of carbonyl (C=O) groups is 2. The van der Waals surface area contributed by atoms with Crippen molar-refractivity contribution >= 4 is 11.9 Å². The van der Waals surface area contributed by atoms with Crippen molar-refractivity contribution in [2.75, 3.05) is 0 Å². The van der Waals surface area contributed by atoms with E-state index in [1.807, 2.05) is 13.8 Å². The van der Waals surface area contributed by atoms with Crippen molar-refractivity contribution in [2.24, 2.45) is 50.7 Å². The van der Waals surface area contributed by atoms with Crippen LogP contribution in [0.5, 0.6) is 0 Å². The largest absolute Gasteiger partial charge is 0.481 e. The van der Waals surface area contributed by atoms with Gasteiger partial charge in [0.1, 0.15) is 0 Å². The second-order valence-electron chi connectivity index (χ2n) is 14.3. The molecule has 4 saturated carbocycles. The number of allylic oxidation sites excluding steroid dienone is 1. The zero-order chi connectivity index (χ0) is 26.6. The maximum Gasteiger partial charge on any atom is 0.312 e. The van der Waals surface area contributed by atoms with Crippen LogP contribution >= 0.6 is 0 Å². The number of carboxylic acids is 2. The van der Waals surface area contributed by atoms with Crippen molar-refractivity contribution < 1.29 is 35.1 Å². The summed E-state index contributed by atoms with van der Waals surface area (Å²) in [6.45, 7) is 10.0. The van der Waals surface area contributed by atoms with E-state index in [1.165, 1.54) is 0 Å². The minimum atomic E-state index is -1.42. The number of fused-ring (bicyclic) bond motifs is 7. The number of rotatable bonds is 2. The highest BCUT2D eigenvalue weighted by Gasteiger charge is 2.69. The van der Waals surface area contributed by atoms with Crippen LogP contribution in [0, 0.1) is 50.7 Å². The Bertz CT molecular complexity index is 1000. The van der Waals surface area contributed by atoms with E-state index < -0.39 is 52.4 Å². The molecule has 0 heterocycles. The van der Waals surface area contributed by atoms with Gasteiger partial charge in [-0.05, 0) is 92.3 Å². The van der Waals surface area contributed by atoms with E-state index in [-0.39, 0.29) is 28.6 Å². The van der Waals surface area contributed by atoms with Crippen LogP contribution in [0.2, 0.25) is 0 Å². The third kappa shape index (κ3) is 3.02. The monoisotopic (exact) mass is 504 g/mol. The van der Waals surface area contributed by atoms with E-state index in [0.29, 0.717) is 38.5 Å². The molecule has 5 rings (SSSR count). The number of carboxylic acid groups (broad SMARTS) is 2. The van der Waals surface area contributed by atoms with Gasteiger partial charge in [0, 0.05) is 5.92 Å². The van der Waals surface area contributed by atoms with Gasteiger partial charge in [0.05, 0.1) is 29.1 Å². The fraction of sp³-hybridized carbons (Fsp3) is 0.862. The van der Waals surface area contributed by atoms with Crippen LogP contribution in [0.1, 0.15) is 86.0 Å². The van der Waals surface area contributed by atoms with E-state index in [9.17, 15) is 35.1 Å². The molecule has 0 aromatic heterocycles. The standard InChI is InChI=1S/C29H44O7/c1-25(2)10-12-29(24(35)36)13-11-26(3)15-8-9-19-27(4,14-18(30)21(31)28(19,5)23(33)34)16(15)6-7-17(26)20(29)22(25)32/h7,15-16,18-22,30-32H,6,8-14H2,1-5H3,(H,33,34)(H,35,36)/t15-,16-,18+,19+,20+,21-,22+,26-,27-,28-,29-/m0/s1. The smallest absolute Gasteiger partial charge is 0.312 e. The maximum absolute atomic E-state index is 12.7. The fourth-order valence-corrected chi connectivity index (χ4v) is 10.2. The zero-order valence-corrected chi connectivity index (χ0v) is 22.3. The molecule has 5 aliphatic carbocycles. The second kappa shape index (κ2) is 7.79. The van der Waals surface area contributed by atoms with Gasteiger partial charge in [-0.25, -0.2) is 0 Å². The average molecular weight is 505 g/mol. The zero-order valence-electron chi connectivity index (χ0n) is 22.3. The lowest BCUT2D eigenvalue weighted by Gasteiger charge is -2.67. The van der Waals surface area contributed by atoms with Gasteiger partial charge in [0.15, 0.2) is 0 Å². The van der Waals surface area contributed by atoms with Crippen molar-refractivity contribution in [3.63, 3.8) is 0 Å². The third-order valence-electron chi connectivity index (χ3n) is 12.6. The molecular formula is C29H44O7. The number of hydrogen-bond donors (Lipinski definition) is 5. The summed E-state index contributed by atoms with van der Waals surface area (Å²) in [4.78, 5) is 25.2. The highest BCUT2D eigenvalue weighted by atomic mass is 16.4. The molecule has 5 N–H and O–H groups in total. The third-order valence-corrected chi connectivity index (χ3v) is 12.6. The first kappa shape index (κ1) is 26.2. The summed E-state index contributed by atoms with van der Waals surface area (Å²) in [7, 11) is 0. The summed E-state index contributed by atoms with van der Waals surface area (Å²) in [6, 6.07) is 0. The quantitative estimate of drug-likeness (QED) is 0.361. The number of aliphatic carboxylic acids is 2. The number of hydrogen-bond acceptors (Lipinski definition) is 5. The highest BCUT2D eigenvalue weighted by molar-refractivity contribution is 5.77. The summed E-state index contributed by atoms with van der Waals surface area (Å²) in [5.41, 5.74) is -2.38. The summed E-state index contributed by atoms with van der Waals surface area (Å²) >= 11 is 0. The molecule has 0 aromatic rings. The Morgan fingerprint density at radius 3 is 2.08 bits per heavy atom. The van der Waals surface area contributed by atoms with E-state index in [4.69, 9.17) is 0 Å². The van der Waals surface area contributed by atoms with Gasteiger partial charge in [-0.15, -0.1) is 0 Å². The van der Waals surface area contributed by atoms with Gasteiger partial charge >= 0.3 is 11.9 Å². The van der Waals surface area contributed by atoms with E-state index >= 15 is 0 Å². The molecule has 7 nitrogen and oxygen atoms in total. The first-order chi connectivity index (χ1) is 16.6. The molecule has 202 valence electrons. The lowest BCUT2D eigenvalue weighted by atomic mass is 9.37. The van der Waals surface area contributed by atoms with Gasteiger partial charge in [0.25, 0.3) is 0 Å². The van der Waals surface area contributed by atoms with E-state index in [2.05, 4.69) is 19.9 Å². The summed E-state index contributed by atoms with van der Waals surface area (Å²) < 4.78 is 0.